The van der Waals surface area contributed by atoms with Crippen LogP contribution in [-0.4, -0.2) is 36.3 Å². The normalized spacial score (nSPS) is 21.9. The molecule has 0 atom stereocenters. The highest BCUT2D eigenvalue weighted by Crippen LogP contribution is 2.50. The van der Waals surface area contributed by atoms with Crippen LogP contribution in [0.15, 0.2) is 36.4 Å². The fourth-order valence-corrected chi connectivity index (χ4v) is 5.03. The summed E-state index contributed by atoms with van der Waals surface area (Å²) in [4.78, 5) is 27.0. The Kier molecular flexibility index (Phi) is 5.38. The van der Waals surface area contributed by atoms with Crippen molar-refractivity contribution in [1.82, 2.24) is 4.90 Å². The molecule has 1 aliphatic heterocycles. The van der Waals surface area contributed by atoms with Crippen LogP contribution in [0.3, 0.4) is 0 Å². The van der Waals surface area contributed by atoms with E-state index in [4.69, 9.17) is 10.8 Å². The molecule has 1 fully saturated rings. The van der Waals surface area contributed by atoms with E-state index in [0.717, 1.165) is 18.0 Å². The number of rotatable bonds is 5. The minimum atomic E-state index is -4.69. The molecule has 2 aromatic carbocycles. The van der Waals surface area contributed by atoms with Gasteiger partial charge in [-0.2, -0.15) is 13.2 Å². The van der Waals surface area contributed by atoms with Gasteiger partial charge in [-0.05, 0) is 54.2 Å². The number of nitrogens with one attached hydrogen (secondary N) is 2. The monoisotopic (exact) mass is 456 g/mol. The van der Waals surface area contributed by atoms with Crippen molar-refractivity contribution < 1.29 is 22.8 Å². The van der Waals surface area contributed by atoms with Crippen molar-refractivity contribution in [3.63, 3.8) is 0 Å². The highest BCUT2D eigenvalue weighted by atomic mass is 19.4. The Morgan fingerprint density at radius 2 is 1.94 bits per heavy atom. The average Bonchev–Trinajstić information content (AvgIpc) is 3.10. The minimum absolute atomic E-state index is 0.124. The summed E-state index contributed by atoms with van der Waals surface area (Å²) in [5, 5.41) is 16.1. The number of nitrogens with zero attached hydrogens (tertiary/aromatic N) is 2. The zero-order valence-electron chi connectivity index (χ0n) is 18.2. The zero-order chi connectivity index (χ0) is 24.1. The van der Waals surface area contributed by atoms with Crippen molar-refractivity contribution in [2.24, 2.45) is 5.92 Å². The van der Waals surface area contributed by atoms with Gasteiger partial charge >= 0.3 is 6.18 Å². The largest absolute Gasteiger partial charge is 0.416 e. The van der Waals surface area contributed by atoms with Crippen LogP contribution in [0.2, 0.25) is 0 Å². The maximum Gasteiger partial charge on any atom is 0.416 e. The molecule has 0 spiro atoms. The maximum absolute atomic E-state index is 13.6. The van der Waals surface area contributed by atoms with Gasteiger partial charge in [0.05, 0.1) is 23.9 Å². The van der Waals surface area contributed by atoms with Crippen LogP contribution in [0.5, 0.6) is 0 Å². The number of carbonyl (C=O) groups excluding carboxylic acids is 2. The molecule has 1 amide bonds. The number of hydrogen-bond donors (Lipinski definition) is 2. The van der Waals surface area contributed by atoms with Crippen LogP contribution in [-0.2, 0) is 18.1 Å². The second-order valence-corrected chi connectivity index (χ2v) is 8.84. The van der Waals surface area contributed by atoms with Gasteiger partial charge in [0.25, 0.3) is 5.91 Å². The molecule has 2 N–H and O–H groups in total. The molecule has 2 aromatic rings. The lowest BCUT2D eigenvalue weighted by Gasteiger charge is -2.48. The van der Waals surface area contributed by atoms with Crippen molar-refractivity contribution >= 4 is 30.1 Å². The van der Waals surface area contributed by atoms with E-state index in [9.17, 15) is 22.8 Å². The van der Waals surface area contributed by atoms with Gasteiger partial charge in [-0.15, -0.1) is 0 Å². The van der Waals surface area contributed by atoms with Gasteiger partial charge in [0, 0.05) is 23.9 Å². The number of fused-ring (bicyclic) bond motifs is 1. The lowest BCUT2D eigenvalue weighted by Crippen LogP contribution is -2.52. The Labute approximate surface area is 189 Å². The molecule has 1 heterocycles. The summed E-state index contributed by atoms with van der Waals surface area (Å²) in [5.41, 5.74) is -0.862. The van der Waals surface area contributed by atoms with Crippen LogP contribution >= 0.6 is 0 Å². The molecule has 0 unspecified atom stereocenters. The van der Waals surface area contributed by atoms with E-state index in [-0.39, 0.29) is 29.1 Å². The fourth-order valence-electron chi connectivity index (χ4n) is 5.03. The molecule has 1 aliphatic carbocycles. The Hall–Kier alpha value is -3.49. The summed E-state index contributed by atoms with van der Waals surface area (Å²) in [6.45, 7) is 1.82. The quantitative estimate of drug-likeness (QED) is 0.383. The highest BCUT2D eigenvalue weighted by molar-refractivity contribution is 6.11. The number of aldehydes is 1. The number of carbonyl (C=O) groups is 2. The van der Waals surface area contributed by atoms with Crippen LogP contribution in [0, 0.1) is 16.7 Å². The number of amidine groups is 1. The number of anilines is 1. The van der Waals surface area contributed by atoms with Gasteiger partial charge in [0.1, 0.15) is 12.1 Å². The van der Waals surface area contributed by atoms with E-state index in [1.807, 2.05) is 6.07 Å². The lowest BCUT2D eigenvalue weighted by molar-refractivity contribution is -0.138. The van der Waals surface area contributed by atoms with Crippen LogP contribution in [0.4, 0.5) is 18.9 Å². The zero-order valence-corrected chi connectivity index (χ0v) is 18.2. The highest BCUT2D eigenvalue weighted by Gasteiger charge is 2.48. The number of amides is 1. The van der Waals surface area contributed by atoms with Crippen molar-refractivity contribution in [2.45, 2.75) is 37.9 Å². The molecule has 0 aromatic heterocycles. The molecule has 6 nitrogen and oxygen atoms in total. The molecule has 0 saturated heterocycles. The second kappa shape index (κ2) is 7.83. The molecule has 0 radical (unpaired) electrons. The van der Waals surface area contributed by atoms with Gasteiger partial charge < -0.3 is 9.80 Å². The third-order valence-corrected chi connectivity index (χ3v) is 6.61. The molecular weight excluding hydrogens is 433 g/mol. The molecule has 0 bridgehead atoms. The first kappa shape index (κ1) is 22.7. The van der Waals surface area contributed by atoms with Gasteiger partial charge in [-0.1, -0.05) is 19.1 Å². The van der Waals surface area contributed by atoms with Gasteiger partial charge in [0.15, 0.2) is 0 Å². The number of hydrogen-bond acceptors (Lipinski definition) is 4. The number of halogens is 3. The first-order chi connectivity index (χ1) is 15.5. The average molecular weight is 456 g/mol. The van der Waals surface area contributed by atoms with Crippen LogP contribution in [0.25, 0.3) is 0 Å². The van der Waals surface area contributed by atoms with E-state index in [2.05, 4.69) is 6.92 Å². The van der Waals surface area contributed by atoms with Gasteiger partial charge in [0.2, 0.25) is 0 Å². The van der Waals surface area contributed by atoms with Crippen LogP contribution in [0.1, 0.15) is 57.2 Å². The Balaban J connectivity index is 1.75. The summed E-state index contributed by atoms with van der Waals surface area (Å²) >= 11 is 0. The van der Waals surface area contributed by atoms with Gasteiger partial charge in [-0.25, -0.2) is 0 Å². The van der Waals surface area contributed by atoms with E-state index in [1.165, 1.54) is 15.9 Å². The predicted molar refractivity (Wildman–Crippen MR) is 118 cm³/mol. The van der Waals surface area contributed by atoms with E-state index >= 15 is 0 Å². The van der Waals surface area contributed by atoms with Crippen molar-refractivity contribution in [3.05, 3.63) is 64.2 Å². The topological polar surface area (TPSA) is 88.3 Å². The summed E-state index contributed by atoms with van der Waals surface area (Å²) in [7, 11) is 1.63. The smallest absolute Gasteiger partial charge is 0.324 e. The number of likely N-dealkylation sites (N-methyl/N-ethyl adjacent to an activating group) is 1. The third-order valence-electron chi connectivity index (χ3n) is 6.61. The number of alkyl halides is 3. The summed E-state index contributed by atoms with van der Waals surface area (Å²) in [5.74, 6) is 0.0414. The Morgan fingerprint density at radius 3 is 2.52 bits per heavy atom. The van der Waals surface area contributed by atoms with E-state index in [1.54, 1.807) is 25.2 Å². The molecule has 33 heavy (non-hydrogen) atoms. The van der Waals surface area contributed by atoms with E-state index in [0.29, 0.717) is 30.7 Å². The number of benzene rings is 2. The predicted octanol–water partition coefficient (Wildman–Crippen LogP) is 4.86. The molecular formula is C24H23F3N4O2. The first-order valence-electron chi connectivity index (χ1n) is 10.5. The lowest BCUT2D eigenvalue weighted by atomic mass is 9.58. The van der Waals surface area contributed by atoms with Crippen molar-refractivity contribution in [3.8, 4) is 0 Å². The van der Waals surface area contributed by atoms with E-state index < -0.39 is 23.1 Å². The van der Waals surface area contributed by atoms with Gasteiger partial charge in [-0.3, -0.25) is 20.4 Å². The first-order valence-corrected chi connectivity index (χ1v) is 10.5. The van der Waals surface area contributed by atoms with Crippen molar-refractivity contribution in [2.75, 3.05) is 11.9 Å². The molecule has 1 saturated carbocycles. The van der Waals surface area contributed by atoms with Crippen LogP contribution < -0.4 is 4.90 Å². The third kappa shape index (κ3) is 3.61. The second-order valence-electron chi connectivity index (χ2n) is 8.84. The molecule has 2 aliphatic rings. The minimum Gasteiger partial charge on any atom is -0.324 e. The Morgan fingerprint density at radius 1 is 1.24 bits per heavy atom. The summed E-state index contributed by atoms with van der Waals surface area (Å²) in [6.07, 6.45) is -1.93. The summed E-state index contributed by atoms with van der Waals surface area (Å²) in [6, 6.07) is 8.95. The fraction of sp³-hybridized carbons (Fsp3) is 0.333. The Bertz CT molecular complexity index is 1170. The SMILES string of the molecule is CC1CC(C(=N)N(C)C=N)(c2cccc(N3Cc4c(cc(C=O)cc4C(F)(F)F)C3=O)c2)C1. The maximum atomic E-state index is 13.6. The molecule has 4 rings (SSSR count). The standard InChI is InChI=1S/C24H23F3N4O2/c1-14-9-23(10-14,22(29)30(2)13-28)16-4-3-5-17(8-16)31-11-19-18(21(31)33)6-15(12-32)7-20(19)24(25,26)27/h3-8,12-14,28-29H,9-11H2,1-2H3. The molecule has 172 valence electrons. The summed E-state index contributed by atoms with van der Waals surface area (Å²) < 4.78 is 40.9. The molecule has 9 heteroatoms. The van der Waals surface area contributed by atoms with Crippen molar-refractivity contribution in [1.29, 1.82) is 10.8 Å².